The zero-order valence-corrected chi connectivity index (χ0v) is 11.6. The number of rotatable bonds is 2. The largest absolute Gasteiger partial charge is 0.207 e. The van der Waals surface area contributed by atoms with Crippen molar-refractivity contribution in [2.45, 2.75) is 26.1 Å². The van der Waals surface area contributed by atoms with Crippen molar-refractivity contribution in [2.24, 2.45) is 0 Å². The molecule has 1 aromatic heterocycles. The molecule has 1 atom stereocenters. The number of benzene rings is 1. The standard InChI is InChI=1S/C14H14ClFS/c1-8-4-11(7-12(16)5-8)14(15)13-6-9(2)17-10(13)3/h4-7,14H,1-3H3. The number of hydrogen-bond acceptors (Lipinski definition) is 1. The lowest BCUT2D eigenvalue weighted by molar-refractivity contribution is 0.624. The van der Waals surface area contributed by atoms with Crippen molar-refractivity contribution in [2.75, 3.05) is 0 Å². The minimum Gasteiger partial charge on any atom is -0.207 e. The van der Waals surface area contributed by atoms with Gasteiger partial charge in [-0.25, -0.2) is 4.39 Å². The van der Waals surface area contributed by atoms with Crippen molar-refractivity contribution in [1.82, 2.24) is 0 Å². The van der Waals surface area contributed by atoms with E-state index in [1.165, 1.54) is 21.9 Å². The lowest BCUT2D eigenvalue weighted by Crippen LogP contribution is -1.95. The van der Waals surface area contributed by atoms with Gasteiger partial charge in [-0.1, -0.05) is 6.07 Å². The van der Waals surface area contributed by atoms with Crippen molar-refractivity contribution in [1.29, 1.82) is 0 Å². The van der Waals surface area contributed by atoms with Crippen molar-refractivity contribution in [3.8, 4) is 0 Å². The Morgan fingerprint density at radius 1 is 1.12 bits per heavy atom. The second-order valence-corrected chi connectivity index (χ2v) is 6.19. The molecule has 0 spiro atoms. The Balaban J connectivity index is 2.43. The van der Waals surface area contributed by atoms with Crippen molar-refractivity contribution < 1.29 is 4.39 Å². The highest BCUT2D eigenvalue weighted by atomic mass is 35.5. The van der Waals surface area contributed by atoms with Crippen LogP contribution in [0, 0.1) is 26.6 Å². The molecule has 17 heavy (non-hydrogen) atoms. The van der Waals surface area contributed by atoms with Gasteiger partial charge in [-0.05, 0) is 55.7 Å². The van der Waals surface area contributed by atoms with Gasteiger partial charge in [0.1, 0.15) is 5.82 Å². The molecular formula is C14H14ClFS. The summed E-state index contributed by atoms with van der Waals surface area (Å²) in [5.41, 5.74) is 2.81. The average molecular weight is 269 g/mol. The van der Waals surface area contributed by atoms with Gasteiger partial charge >= 0.3 is 0 Å². The molecule has 0 bridgehead atoms. The highest BCUT2D eigenvalue weighted by Crippen LogP contribution is 2.35. The highest BCUT2D eigenvalue weighted by molar-refractivity contribution is 7.12. The van der Waals surface area contributed by atoms with Gasteiger partial charge in [0.2, 0.25) is 0 Å². The monoisotopic (exact) mass is 268 g/mol. The average Bonchev–Trinajstić information content (AvgIpc) is 2.55. The van der Waals surface area contributed by atoms with Gasteiger partial charge in [-0.15, -0.1) is 22.9 Å². The molecule has 0 fully saturated rings. The van der Waals surface area contributed by atoms with Crippen LogP contribution in [0.1, 0.15) is 31.8 Å². The summed E-state index contributed by atoms with van der Waals surface area (Å²) >= 11 is 8.16. The van der Waals surface area contributed by atoms with Gasteiger partial charge in [0.15, 0.2) is 0 Å². The van der Waals surface area contributed by atoms with E-state index in [0.29, 0.717) is 0 Å². The van der Waals surface area contributed by atoms with E-state index in [1.54, 1.807) is 11.3 Å². The highest BCUT2D eigenvalue weighted by Gasteiger charge is 2.16. The molecule has 2 rings (SSSR count). The van der Waals surface area contributed by atoms with Crippen LogP contribution in [0.5, 0.6) is 0 Å². The molecular weight excluding hydrogens is 255 g/mol. The van der Waals surface area contributed by atoms with E-state index in [2.05, 4.69) is 19.9 Å². The molecule has 0 aliphatic rings. The first kappa shape index (κ1) is 12.6. The number of hydrogen-bond donors (Lipinski definition) is 0. The summed E-state index contributed by atoms with van der Waals surface area (Å²) in [5.74, 6) is -0.227. The molecule has 1 aromatic carbocycles. The van der Waals surface area contributed by atoms with Gasteiger partial charge in [-0.3, -0.25) is 0 Å². The zero-order valence-electron chi connectivity index (χ0n) is 10.1. The van der Waals surface area contributed by atoms with Crippen LogP contribution in [0.2, 0.25) is 0 Å². The van der Waals surface area contributed by atoms with E-state index in [9.17, 15) is 4.39 Å². The normalized spacial score (nSPS) is 12.8. The van der Waals surface area contributed by atoms with Gasteiger partial charge in [0.05, 0.1) is 5.38 Å². The molecule has 0 nitrogen and oxygen atoms in total. The van der Waals surface area contributed by atoms with E-state index in [4.69, 9.17) is 11.6 Å². The molecule has 0 aliphatic carbocycles. The predicted octanol–water partition coefficient (Wildman–Crippen LogP) is 5.14. The topological polar surface area (TPSA) is 0 Å². The van der Waals surface area contributed by atoms with Crippen molar-refractivity contribution >= 4 is 22.9 Å². The lowest BCUT2D eigenvalue weighted by Gasteiger charge is -2.11. The fraction of sp³-hybridized carbons (Fsp3) is 0.286. The van der Waals surface area contributed by atoms with Crippen LogP contribution < -0.4 is 0 Å². The summed E-state index contributed by atoms with van der Waals surface area (Å²) in [7, 11) is 0. The van der Waals surface area contributed by atoms with Crippen LogP contribution in [-0.4, -0.2) is 0 Å². The van der Waals surface area contributed by atoms with E-state index in [1.807, 2.05) is 13.0 Å². The van der Waals surface area contributed by atoms with Crippen LogP contribution in [0.4, 0.5) is 4.39 Å². The Bertz CT molecular complexity index is 525. The third-order valence-corrected chi connectivity index (χ3v) is 4.18. The molecule has 0 radical (unpaired) electrons. The SMILES string of the molecule is Cc1cc(F)cc(C(Cl)c2cc(C)sc2C)c1. The van der Waals surface area contributed by atoms with E-state index in [0.717, 1.165) is 16.7 Å². The van der Waals surface area contributed by atoms with Crippen LogP contribution in [-0.2, 0) is 0 Å². The quantitative estimate of drug-likeness (QED) is 0.662. The van der Waals surface area contributed by atoms with Gasteiger partial charge in [0.25, 0.3) is 0 Å². The predicted molar refractivity (Wildman–Crippen MR) is 72.6 cm³/mol. The third kappa shape index (κ3) is 2.70. The Hall–Kier alpha value is -0.860. The maximum Gasteiger partial charge on any atom is 0.123 e. The van der Waals surface area contributed by atoms with Gasteiger partial charge < -0.3 is 0 Å². The minimum absolute atomic E-state index is 0.227. The van der Waals surface area contributed by atoms with E-state index >= 15 is 0 Å². The van der Waals surface area contributed by atoms with E-state index in [-0.39, 0.29) is 11.2 Å². The summed E-state index contributed by atoms with van der Waals surface area (Å²) in [6.45, 7) is 5.98. The number of halogens is 2. The second kappa shape index (κ2) is 4.79. The molecule has 0 saturated heterocycles. The Morgan fingerprint density at radius 2 is 1.82 bits per heavy atom. The zero-order chi connectivity index (χ0) is 12.6. The summed E-state index contributed by atoms with van der Waals surface area (Å²) in [5, 5.41) is -0.269. The maximum atomic E-state index is 13.4. The fourth-order valence-electron chi connectivity index (χ4n) is 1.99. The summed E-state index contributed by atoms with van der Waals surface area (Å²) in [4.78, 5) is 2.43. The number of thiophene rings is 1. The molecule has 90 valence electrons. The number of alkyl halides is 1. The summed E-state index contributed by atoms with van der Waals surface area (Å²) < 4.78 is 13.4. The second-order valence-electron chi connectivity index (χ2n) is 4.29. The number of aryl methyl sites for hydroxylation is 3. The molecule has 1 unspecified atom stereocenters. The first-order chi connectivity index (χ1) is 7.97. The molecule has 0 amide bonds. The third-order valence-electron chi connectivity index (χ3n) is 2.71. The molecule has 0 saturated carbocycles. The van der Waals surface area contributed by atoms with Crippen LogP contribution in [0.25, 0.3) is 0 Å². The Kier molecular flexibility index (Phi) is 3.55. The van der Waals surface area contributed by atoms with Gasteiger partial charge in [0, 0.05) is 9.75 Å². The summed E-state index contributed by atoms with van der Waals surface area (Å²) in [6.07, 6.45) is 0. The van der Waals surface area contributed by atoms with Crippen molar-refractivity contribution in [3.63, 3.8) is 0 Å². The lowest BCUT2D eigenvalue weighted by atomic mass is 10.0. The Morgan fingerprint density at radius 3 is 2.35 bits per heavy atom. The smallest absolute Gasteiger partial charge is 0.123 e. The molecule has 0 aliphatic heterocycles. The van der Waals surface area contributed by atoms with Crippen molar-refractivity contribution in [3.05, 3.63) is 56.5 Å². The fourth-order valence-corrected chi connectivity index (χ4v) is 3.37. The molecule has 2 aromatic rings. The van der Waals surface area contributed by atoms with Crippen LogP contribution >= 0.6 is 22.9 Å². The summed E-state index contributed by atoms with van der Waals surface area (Å²) in [6, 6.07) is 7.04. The first-order valence-corrected chi connectivity index (χ1v) is 6.71. The Labute approximate surface area is 110 Å². The minimum atomic E-state index is -0.269. The van der Waals surface area contributed by atoms with Gasteiger partial charge in [-0.2, -0.15) is 0 Å². The molecule has 1 heterocycles. The van der Waals surface area contributed by atoms with Crippen LogP contribution in [0.3, 0.4) is 0 Å². The molecule has 0 N–H and O–H groups in total. The maximum absolute atomic E-state index is 13.4. The van der Waals surface area contributed by atoms with E-state index < -0.39 is 0 Å². The first-order valence-electron chi connectivity index (χ1n) is 5.45. The molecule has 3 heteroatoms. The van der Waals surface area contributed by atoms with Crippen LogP contribution in [0.15, 0.2) is 24.3 Å².